The van der Waals surface area contributed by atoms with E-state index in [0.29, 0.717) is 11.8 Å². The molecule has 21 heavy (non-hydrogen) atoms. The first-order valence-electron chi connectivity index (χ1n) is 6.49. The summed E-state index contributed by atoms with van der Waals surface area (Å²) in [5, 5.41) is 0. The van der Waals surface area contributed by atoms with Gasteiger partial charge >= 0.3 is 0 Å². The van der Waals surface area contributed by atoms with Gasteiger partial charge in [-0.25, -0.2) is 4.39 Å². The summed E-state index contributed by atoms with van der Waals surface area (Å²) in [5.41, 5.74) is 2.71. The predicted molar refractivity (Wildman–Crippen MR) is 77.5 cm³/mol. The van der Waals surface area contributed by atoms with E-state index in [1.165, 1.54) is 12.1 Å². The molecule has 0 amide bonds. The molecule has 0 saturated carbocycles. The molecule has 108 valence electrons. The first-order chi connectivity index (χ1) is 10.0. The van der Waals surface area contributed by atoms with Gasteiger partial charge in [-0.05, 0) is 37.6 Å². The fourth-order valence-corrected chi connectivity index (χ4v) is 2.05. The second-order valence-electron chi connectivity index (χ2n) is 4.84. The zero-order chi connectivity index (χ0) is 15.4. The molecular formula is C17H15FO3. The minimum Gasteiger partial charge on any atom is -0.482 e. The number of carbonyl (C=O) groups excluding carboxylic acids is 2. The number of carbonyl (C=O) groups is 2. The molecule has 0 aromatic heterocycles. The number of ether oxygens (including phenoxy) is 1. The lowest BCUT2D eigenvalue weighted by molar-refractivity contribution is 0.0917. The van der Waals surface area contributed by atoms with Crippen LogP contribution in [-0.4, -0.2) is 18.7 Å². The maximum Gasteiger partial charge on any atom is 0.200 e. The third kappa shape index (κ3) is 3.54. The number of rotatable bonds is 5. The van der Waals surface area contributed by atoms with Gasteiger partial charge in [-0.1, -0.05) is 23.8 Å². The molecule has 0 unspecified atom stereocenters. The lowest BCUT2D eigenvalue weighted by Crippen LogP contribution is -2.13. The lowest BCUT2D eigenvalue weighted by atomic mass is 10.0. The maximum atomic E-state index is 13.6. The van der Waals surface area contributed by atoms with Crippen molar-refractivity contribution in [3.05, 3.63) is 64.5 Å². The van der Waals surface area contributed by atoms with E-state index < -0.39 is 5.82 Å². The Morgan fingerprint density at radius 3 is 2.57 bits per heavy atom. The Morgan fingerprint density at radius 1 is 1.19 bits per heavy atom. The Morgan fingerprint density at radius 2 is 1.95 bits per heavy atom. The van der Waals surface area contributed by atoms with E-state index in [0.717, 1.165) is 17.2 Å². The number of aldehydes is 1. The Bertz CT molecular complexity index is 692. The third-order valence-corrected chi connectivity index (χ3v) is 3.13. The molecule has 2 aromatic rings. The highest BCUT2D eigenvalue weighted by Crippen LogP contribution is 2.18. The van der Waals surface area contributed by atoms with Crippen molar-refractivity contribution in [2.24, 2.45) is 0 Å². The molecule has 0 saturated heterocycles. The second-order valence-corrected chi connectivity index (χ2v) is 4.84. The monoisotopic (exact) mass is 286 g/mol. The molecule has 0 aliphatic rings. The van der Waals surface area contributed by atoms with Gasteiger partial charge in [0.25, 0.3) is 0 Å². The minimum absolute atomic E-state index is 0.0429. The number of hydrogen-bond acceptors (Lipinski definition) is 3. The average molecular weight is 286 g/mol. The fraction of sp³-hybridized carbons (Fsp3) is 0.176. The summed E-state index contributed by atoms with van der Waals surface area (Å²) in [6.45, 7) is 3.54. The van der Waals surface area contributed by atoms with Crippen LogP contribution in [0.3, 0.4) is 0 Å². The summed E-state index contributed by atoms with van der Waals surface area (Å²) >= 11 is 0. The van der Waals surface area contributed by atoms with Crippen molar-refractivity contribution in [1.29, 1.82) is 0 Å². The van der Waals surface area contributed by atoms with Crippen LogP contribution in [0.2, 0.25) is 0 Å². The standard InChI is InChI=1S/C17H15FO3/c1-11-3-5-14(12(2)7-11)16(20)10-21-17-6-4-13(9-19)8-15(17)18/h3-9H,10H2,1-2H3. The molecule has 0 radical (unpaired) electrons. The Hall–Kier alpha value is -2.49. The Balaban J connectivity index is 2.09. The molecule has 3 nitrogen and oxygen atoms in total. The van der Waals surface area contributed by atoms with Crippen molar-refractivity contribution in [2.45, 2.75) is 13.8 Å². The van der Waals surface area contributed by atoms with E-state index in [4.69, 9.17) is 4.74 Å². The number of hydrogen-bond donors (Lipinski definition) is 0. The zero-order valence-electron chi connectivity index (χ0n) is 11.9. The molecule has 4 heteroatoms. The van der Waals surface area contributed by atoms with Crippen LogP contribution in [0.25, 0.3) is 0 Å². The average Bonchev–Trinajstić information content (AvgIpc) is 2.45. The van der Waals surface area contributed by atoms with Gasteiger partial charge in [-0.3, -0.25) is 9.59 Å². The molecule has 2 rings (SSSR count). The van der Waals surface area contributed by atoms with Crippen molar-refractivity contribution in [2.75, 3.05) is 6.61 Å². The molecular weight excluding hydrogens is 271 g/mol. The summed E-state index contributed by atoms with van der Waals surface area (Å²) in [7, 11) is 0. The van der Waals surface area contributed by atoms with Crippen LogP contribution in [0.15, 0.2) is 36.4 Å². The largest absolute Gasteiger partial charge is 0.482 e. The number of aryl methyl sites for hydroxylation is 2. The predicted octanol–water partition coefficient (Wildman–Crippen LogP) is 3.52. The SMILES string of the molecule is Cc1ccc(C(=O)COc2ccc(C=O)cc2F)c(C)c1. The van der Waals surface area contributed by atoms with E-state index in [1.807, 2.05) is 26.0 Å². The summed E-state index contributed by atoms with van der Waals surface area (Å²) in [6, 6.07) is 9.35. The van der Waals surface area contributed by atoms with Crippen molar-refractivity contribution in [3.8, 4) is 5.75 Å². The molecule has 0 N–H and O–H groups in total. The third-order valence-electron chi connectivity index (χ3n) is 3.13. The van der Waals surface area contributed by atoms with Crippen molar-refractivity contribution < 1.29 is 18.7 Å². The molecule has 0 spiro atoms. The van der Waals surface area contributed by atoms with Crippen LogP contribution in [-0.2, 0) is 0 Å². The highest BCUT2D eigenvalue weighted by molar-refractivity contribution is 5.98. The van der Waals surface area contributed by atoms with Crippen LogP contribution < -0.4 is 4.74 Å². The van der Waals surface area contributed by atoms with Gasteiger partial charge in [0, 0.05) is 11.1 Å². The van der Waals surface area contributed by atoms with Gasteiger partial charge in [0.2, 0.25) is 0 Å². The van der Waals surface area contributed by atoms with E-state index in [2.05, 4.69) is 0 Å². The summed E-state index contributed by atoms with van der Waals surface area (Å²) in [6.07, 6.45) is 0.549. The van der Waals surface area contributed by atoms with Crippen LogP contribution in [0.1, 0.15) is 31.8 Å². The molecule has 0 aliphatic heterocycles. The summed E-state index contributed by atoms with van der Waals surface area (Å²) in [4.78, 5) is 22.6. The second kappa shape index (κ2) is 6.31. The van der Waals surface area contributed by atoms with Crippen LogP contribution in [0.4, 0.5) is 4.39 Å². The van der Waals surface area contributed by atoms with E-state index >= 15 is 0 Å². The first-order valence-corrected chi connectivity index (χ1v) is 6.49. The highest BCUT2D eigenvalue weighted by Gasteiger charge is 2.12. The normalized spacial score (nSPS) is 10.2. The summed E-state index contributed by atoms with van der Waals surface area (Å²) in [5.74, 6) is -0.918. The smallest absolute Gasteiger partial charge is 0.200 e. The van der Waals surface area contributed by atoms with Gasteiger partial charge in [0.1, 0.15) is 6.29 Å². The molecule has 0 bridgehead atoms. The number of halogens is 1. The number of benzene rings is 2. The fourth-order valence-electron chi connectivity index (χ4n) is 2.05. The molecule has 2 aromatic carbocycles. The van der Waals surface area contributed by atoms with Crippen LogP contribution >= 0.6 is 0 Å². The Labute approximate surface area is 122 Å². The molecule has 0 aliphatic carbocycles. The maximum absolute atomic E-state index is 13.6. The van der Waals surface area contributed by atoms with Gasteiger partial charge < -0.3 is 4.74 Å². The molecule has 0 atom stereocenters. The van der Waals surface area contributed by atoms with E-state index in [9.17, 15) is 14.0 Å². The van der Waals surface area contributed by atoms with E-state index in [1.54, 1.807) is 6.07 Å². The van der Waals surface area contributed by atoms with Crippen molar-refractivity contribution >= 4 is 12.1 Å². The number of Topliss-reactive ketones (excluding diaryl/α,β-unsaturated/α-hetero) is 1. The van der Waals surface area contributed by atoms with Crippen LogP contribution in [0.5, 0.6) is 5.75 Å². The summed E-state index contributed by atoms with van der Waals surface area (Å²) < 4.78 is 18.8. The highest BCUT2D eigenvalue weighted by atomic mass is 19.1. The first kappa shape index (κ1) is 14.9. The van der Waals surface area contributed by atoms with Crippen molar-refractivity contribution in [1.82, 2.24) is 0 Å². The van der Waals surface area contributed by atoms with Gasteiger partial charge in [0.15, 0.2) is 24.0 Å². The number of ketones is 1. The van der Waals surface area contributed by atoms with Crippen LogP contribution in [0, 0.1) is 19.7 Å². The van der Waals surface area contributed by atoms with E-state index in [-0.39, 0.29) is 23.7 Å². The molecule has 0 heterocycles. The lowest BCUT2D eigenvalue weighted by Gasteiger charge is -2.09. The van der Waals surface area contributed by atoms with Gasteiger partial charge in [-0.2, -0.15) is 0 Å². The van der Waals surface area contributed by atoms with Gasteiger partial charge in [-0.15, -0.1) is 0 Å². The van der Waals surface area contributed by atoms with Gasteiger partial charge in [0.05, 0.1) is 0 Å². The topological polar surface area (TPSA) is 43.4 Å². The quantitative estimate of drug-likeness (QED) is 0.624. The Kier molecular flexibility index (Phi) is 4.48. The zero-order valence-corrected chi connectivity index (χ0v) is 11.9. The molecule has 0 fully saturated rings. The van der Waals surface area contributed by atoms with Crippen molar-refractivity contribution in [3.63, 3.8) is 0 Å². The minimum atomic E-state index is -0.659.